The summed E-state index contributed by atoms with van der Waals surface area (Å²) >= 11 is 0. The van der Waals surface area contributed by atoms with Crippen LogP contribution >= 0.6 is 0 Å². The summed E-state index contributed by atoms with van der Waals surface area (Å²) in [5, 5.41) is 2.91. The molecule has 1 amide bonds. The molecule has 1 fully saturated rings. The van der Waals surface area contributed by atoms with Crippen LogP contribution in [0.1, 0.15) is 25.8 Å². The Balaban J connectivity index is 1.93. The molecule has 1 aromatic carbocycles. The van der Waals surface area contributed by atoms with Gasteiger partial charge >= 0.3 is 0 Å². The molecule has 0 bridgehead atoms. The zero-order valence-electron chi connectivity index (χ0n) is 13.9. The topological polar surface area (TPSA) is 61.6 Å². The predicted octanol–water partition coefficient (Wildman–Crippen LogP) is 1.48. The lowest BCUT2D eigenvalue weighted by Crippen LogP contribution is -2.44. The smallest absolute Gasteiger partial charge is 0.220 e. The van der Waals surface area contributed by atoms with Crippen LogP contribution in [0.4, 0.5) is 11.4 Å². The van der Waals surface area contributed by atoms with Crippen molar-refractivity contribution in [1.82, 2.24) is 10.2 Å². The van der Waals surface area contributed by atoms with Crippen molar-refractivity contribution < 1.29 is 4.79 Å². The Morgan fingerprint density at radius 1 is 1.27 bits per heavy atom. The van der Waals surface area contributed by atoms with Gasteiger partial charge in [-0.1, -0.05) is 6.07 Å². The highest BCUT2D eigenvalue weighted by atomic mass is 16.1. The normalized spacial score (nSPS) is 16.1. The van der Waals surface area contributed by atoms with Gasteiger partial charge in [0, 0.05) is 38.6 Å². The number of amides is 1. The quantitative estimate of drug-likeness (QED) is 0.809. The Hall–Kier alpha value is -1.75. The van der Waals surface area contributed by atoms with Gasteiger partial charge in [0.25, 0.3) is 0 Å². The van der Waals surface area contributed by atoms with E-state index in [4.69, 9.17) is 5.73 Å². The molecule has 5 nitrogen and oxygen atoms in total. The van der Waals surface area contributed by atoms with Gasteiger partial charge in [0.05, 0.1) is 11.4 Å². The summed E-state index contributed by atoms with van der Waals surface area (Å²) in [6.07, 6.45) is 1.23. The number of carbonyl (C=O) groups excluding carboxylic acids is 1. The number of anilines is 2. The third-order valence-corrected chi connectivity index (χ3v) is 4.03. The van der Waals surface area contributed by atoms with Gasteiger partial charge in [0.1, 0.15) is 0 Å². The van der Waals surface area contributed by atoms with Crippen molar-refractivity contribution in [2.75, 3.05) is 43.9 Å². The van der Waals surface area contributed by atoms with Crippen LogP contribution in [0.3, 0.4) is 0 Å². The van der Waals surface area contributed by atoms with E-state index in [0.717, 1.165) is 49.5 Å². The second-order valence-electron chi connectivity index (χ2n) is 6.41. The van der Waals surface area contributed by atoms with Crippen molar-refractivity contribution in [3.8, 4) is 0 Å². The van der Waals surface area contributed by atoms with Gasteiger partial charge in [0.2, 0.25) is 5.91 Å². The van der Waals surface area contributed by atoms with Crippen LogP contribution in [0.15, 0.2) is 18.2 Å². The maximum absolute atomic E-state index is 11.7. The number of piperazine rings is 1. The number of hydrogen-bond donors (Lipinski definition) is 2. The number of hydrogen-bond acceptors (Lipinski definition) is 4. The molecule has 1 saturated heterocycles. The maximum Gasteiger partial charge on any atom is 0.220 e. The number of nitrogens with two attached hydrogens (primary N) is 1. The maximum atomic E-state index is 11.7. The van der Waals surface area contributed by atoms with Gasteiger partial charge < -0.3 is 20.9 Å². The molecule has 5 heteroatoms. The van der Waals surface area contributed by atoms with E-state index in [9.17, 15) is 4.79 Å². The Bertz CT molecular complexity index is 507. The summed E-state index contributed by atoms with van der Waals surface area (Å²) in [6.45, 7) is 8.10. The van der Waals surface area contributed by atoms with E-state index in [1.54, 1.807) is 0 Å². The fraction of sp³-hybridized carbons (Fsp3) is 0.588. The second-order valence-corrected chi connectivity index (χ2v) is 6.41. The monoisotopic (exact) mass is 304 g/mol. The fourth-order valence-corrected chi connectivity index (χ4v) is 2.75. The zero-order chi connectivity index (χ0) is 16.1. The van der Waals surface area contributed by atoms with Crippen molar-refractivity contribution in [1.29, 1.82) is 0 Å². The second kappa shape index (κ2) is 7.49. The number of likely N-dealkylation sites (N-methyl/N-ethyl adjacent to an activating group) is 1. The molecular formula is C17H28N4O. The molecule has 1 aliphatic rings. The van der Waals surface area contributed by atoms with Gasteiger partial charge in [-0.2, -0.15) is 0 Å². The third kappa shape index (κ3) is 4.63. The first-order valence-corrected chi connectivity index (χ1v) is 8.07. The first-order chi connectivity index (χ1) is 10.5. The number of benzene rings is 1. The summed E-state index contributed by atoms with van der Waals surface area (Å²) in [4.78, 5) is 16.4. The number of nitrogens with one attached hydrogen (secondary N) is 1. The molecule has 1 heterocycles. The van der Waals surface area contributed by atoms with Crippen molar-refractivity contribution >= 4 is 17.3 Å². The minimum atomic E-state index is 0.0942. The van der Waals surface area contributed by atoms with E-state index < -0.39 is 0 Å². The molecule has 0 unspecified atom stereocenters. The van der Waals surface area contributed by atoms with Crippen LogP contribution in [-0.4, -0.2) is 50.1 Å². The van der Waals surface area contributed by atoms with E-state index >= 15 is 0 Å². The molecule has 0 atom stereocenters. The molecule has 0 spiro atoms. The Morgan fingerprint density at radius 2 is 1.95 bits per heavy atom. The lowest BCUT2D eigenvalue weighted by Gasteiger charge is -2.34. The van der Waals surface area contributed by atoms with E-state index in [2.05, 4.69) is 34.3 Å². The van der Waals surface area contributed by atoms with Crippen molar-refractivity contribution in [2.24, 2.45) is 0 Å². The standard InChI is InChI=1S/C17H28N4O/c1-13(2)19-17(22)7-5-14-4-6-16(15(18)12-14)21-10-8-20(3)9-11-21/h4,6,12-13H,5,7-11,18H2,1-3H3,(H,19,22). The summed E-state index contributed by atoms with van der Waals surface area (Å²) in [5.41, 5.74) is 9.26. The van der Waals surface area contributed by atoms with E-state index in [-0.39, 0.29) is 11.9 Å². The molecule has 0 saturated carbocycles. The third-order valence-electron chi connectivity index (χ3n) is 4.03. The Morgan fingerprint density at radius 3 is 2.55 bits per heavy atom. The summed E-state index contributed by atoms with van der Waals surface area (Å²) in [5.74, 6) is 0.0942. The minimum absolute atomic E-state index is 0.0942. The average molecular weight is 304 g/mol. The molecule has 3 N–H and O–H groups in total. The first kappa shape index (κ1) is 16.6. The van der Waals surface area contributed by atoms with Gasteiger partial charge in [-0.3, -0.25) is 4.79 Å². The van der Waals surface area contributed by atoms with Crippen LogP contribution in [-0.2, 0) is 11.2 Å². The summed E-state index contributed by atoms with van der Waals surface area (Å²) < 4.78 is 0. The number of rotatable bonds is 5. The SMILES string of the molecule is CC(C)NC(=O)CCc1ccc(N2CCN(C)CC2)c(N)c1. The summed E-state index contributed by atoms with van der Waals surface area (Å²) in [7, 11) is 2.14. The van der Waals surface area contributed by atoms with Crippen molar-refractivity contribution in [3.05, 3.63) is 23.8 Å². The summed E-state index contributed by atoms with van der Waals surface area (Å²) in [6, 6.07) is 6.39. The lowest BCUT2D eigenvalue weighted by molar-refractivity contribution is -0.121. The first-order valence-electron chi connectivity index (χ1n) is 8.07. The fourth-order valence-electron chi connectivity index (χ4n) is 2.75. The lowest BCUT2D eigenvalue weighted by atomic mass is 10.1. The average Bonchev–Trinajstić information content (AvgIpc) is 2.46. The highest BCUT2D eigenvalue weighted by molar-refractivity contribution is 5.76. The number of nitrogen functional groups attached to an aromatic ring is 1. The van der Waals surface area contributed by atoms with Crippen molar-refractivity contribution in [2.45, 2.75) is 32.7 Å². The molecule has 22 heavy (non-hydrogen) atoms. The molecule has 1 aliphatic heterocycles. The van der Waals surface area contributed by atoms with Crippen molar-refractivity contribution in [3.63, 3.8) is 0 Å². The molecule has 0 aliphatic carbocycles. The largest absolute Gasteiger partial charge is 0.397 e. The zero-order valence-corrected chi connectivity index (χ0v) is 13.9. The van der Waals surface area contributed by atoms with Crippen LogP contribution in [0.2, 0.25) is 0 Å². The van der Waals surface area contributed by atoms with Gasteiger partial charge in [-0.25, -0.2) is 0 Å². The molecule has 2 rings (SSSR count). The van der Waals surface area contributed by atoms with E-state index in [1.165, 1.54) is 0 Å². The van der Waals surface area contributed by atoms with Gasteiger partial charge in [-0.05, 0) is 45.0 Å². The predicted molar refractivity (Wildman–Crippen MR) is 92.2 cm³/mol. The molecule has 0 radical (unpaired) electrons. The molecule has 1 aromatic rings. The van der Waals surface area contributed by atoms with Gasteiger partial charge in [-0.15, -0.1) is 0 Å². The van der Waals surface area contributed by atoms with E-state index in [1.807, 2.05) is 19.9 Å². The Kier molecular flexibility index (Phi) is 5.66. The minimum Gasteiger partial charge on any atom is -0.397 e. The van der Waals surface area contributed by atoms with Gasteiger partial charge in [0.15, 0.2) is 0 Å². The van der Waals surface area contributed by atoms with Crippen LogP contribution in [0.25, 0.3) is 0 Å². The number of aryl methyl sites for hydroxylation is 1. The van der Waals surface area contributed by atoms with Crippen LogP contribution < -0.4 is 16.0 Å². The molecular weight excluding hydrogens is 276 g/mol. The molecule has 122 valence electrons. The van der Waals surface area contributed by atoms with Crippen LogP contribution in [0, 0.1) is 0 Å². The van der Waals surface area contributed by atoms with Crippen LogP contribution in [0.5, 0.6) is 0 Å². The number of carbonyl (C=O) groups is 1. The Labute approximate surface area is 133 Å². The van der Waals surface area contributed by atoms with E-state index in [0.29, 0.717) is 6.42 Å². The highest BCUT2D eigenvalue weighted by Gasteiger charge is 2.16. The highest BCUT2D eigenvalue weighted by Crippen LogP contribution is 2.25. The number of nitrogens with zero attached hydrogens (tertiary/aromatic N) is 2. The molecule has 0 aromatic heterocycles.